The van der Waals surface area contributed by atoms with Crippen molar-refractivity contribution < 1.29 is 23.5 Å². The molecule has 0 saturated carbocycles. The van der Waals surface area contributed by atoms with E-state index in [2.05, 4.69) is 5.32 Å². The summed E-state index contributed by atoms with van der Waals surface area (Å²) in [6.07, 6.45) is 0.855. The molecule has 1 amide bonds. The van der Waals surface area contributed by atoms with E-state index in [1.165, 1.54) is 12.1 Å². The van der Waals surface area contributed by atoms with Gasteiger partial charge in [-0.05, 0) is 48.7 Å². The van der Waals surface area contributed by atoms with Gasteiger partial charge in [0.15, 0.2) is 13.2 Å². The highest BCUT2D eigenvalue weighted by Crippen LogP contribution is 2.22. The number of carbonyl (C=O) groups is 2. The van der Waals surface area contributed by atoms with Gasteiger partial charge in [-0.1, -0.05) is 19.1 Å². The molecule has 0 spiro atoms. The summed E-state index contributed by atoms with van der Waals surface area (Å²) in [7, 11) is 0. The van der Waals surface area contributed by atoms with Gasteiger partial charge in [-0.2, -0.15) is 0 Å². The highest BCUT2D eigenvalue weighted by molar-refractivity contribution is 5.93. The van der Waals surface area contributed by atoms with Crippen molar-refractivity contribution in [1.29, 1.82) is 0 Å². The average Bonchev–Trinajstić information content (AvgIpc) is 2.70. The summed E-state index contributed by atoms with van der Waals surface area (Å²) in [5, 5.41) is 3.46. The van der Waals surface area contributed by atoms with Crippen LogP contribution in [0.25, 0.3) is 11.0 Å². The number of hydrogen-bond acceptors (Lipinski definition) is 6. The zero-order chi connectivity index (χ0) is 20.8. The average molecular weight is 395 g/mol. The summed E-state index contributed by atoms with van der Waals surface area (Å²) in [5.41, 5.74) is 2.44. The van der Waals surface area contributed by atoms with E-state index in [0.717, 1.165) is 22.9 Å². The van der Waals surface area contributed by atoms with Gasteiger partial charge in [0.25, 0.3) is 5.91 Å². The van der Waals surface area contributed by atoms with Crippen molar-refractivity contribution in [3.63, 3.8) is 0 Å². The first kappa shape index (κ1) is 20.1. The summed E-state index contributed by atoms with van der Waals surface area (Å²) < 4.78 is 15.4. The number of ether oxygens (including phenoxy) is 2. The molecule has 0 atom stereocenters. The van der Waals surface area contributed by atoms with E-state index < -0.39 is 24.1 Å². The number of aryl methyl sites for hydroxylation is 2. The van der Waals surface area contributed by atoms with Crippen LogP contribution in [-0.2, 0) is 20.7 Å². The molecule has 0 aliphatic heterocycles. The summed E-state index contributed by atoms with van der Waals surface area (Å²) in [5.74, 6) is -0.771. The topological polar surface area (TPSA) is 94.8 Å². The SMILES string of the molecule is CCc1cccc(NC(=O)COC(=O)COc2ccc3c(C)cc(=O)oc3c2)c1. The molecule has 0 saturated heterocycles. The molecule has 1 heterocycles. The number of nitrogens with one attached hydrogen (secondary N) is 1. The maximum Gasteiger partial charge on any atom is 0.344 e. The minimum absolute atomic E-state index is 0.351. The Hall–Kier alpha value is -3.61. The standard InChI is InChI=1S/C22H21NO6/c1-3-15-5-4-6-16(10-15)23-20(24)12-28-22(26)13-27-17-7-8-18-14(2)9-21(25)29-19(18)11-17/h4-11H,3,12-13H2,1-2H3,(H,23,24). The Morgan fingerprint density at radius 3 is 2.69 bits per heavy atom. The molecule has 3 aromatic rings. The lowest BCUT2D eigenvalue weighted by Crippen LogP contribution is -2.23. The lowest BCUT2D eigenvalue weighted by atomic mass is 10.1. The minimum atomic E-state index is -0.687. The molecule has 0 bridgehead atoms. The first-order valence-electron chi connectivity index (χ1n) is 9.16. The molecule has 7 heteroatoms. The first-order valence-corrected chi connectivity index (χ1v) is 9.16. The summed E-state index contributed by atoms with van der Waals surface area (Å²) in [6, 6.07) is 13.8. The fourth-order valence-corrected chi connectivity index (χ4v) is 2.79. The van der Waals surface area contributed by atoms with E-state index in [1.54, 1.807) is 25.1 Å². The number of fused-ring (bicyclic) bond motifs is 1. The van der Waals surface area contributed by atoms with Crippen molar-refractivity contribution in [3.8, 4) is 5.75 Å². The van der Waals surface area contributed by atoms with Crippen LogP contribution in [0, 0.1) is 6.92 Å². The summed E-state index contributed by atoms with van der Waals surface area (Å²) >= 11 is 0. The molecular formula is C22H21NO6. The molecule has 0 aliphatic carbocycles. The van der Waals surface area contributed by atoms with Gasteiger partial charge < -0.3 is 19.2 Å². The van der Waals surface area contributed by atoms with Crippen LogP contribution >= 0.6 is 0 Å². The fraction of sp³-hybridized carbons (Fsp3) is 0.227. The normalized spacial score (nSPS) is 10.6. The molecule has 150 valence electrons. The quantitative estimate of drug-likeness (QED) is 0.488. The second-order valence-electron chi connectivity index (χ2n) is 6.46. The highest BCUT2D eigenvalue weighted by atomic mass is 16.6. The first-order chi connectivity index (χ1) is 13.9. The Bertz CT molecular complexity index is 1100. The molecule has 2 aromatic carbocycles. The van der Waals surface area contributed by atoms with Gasteiger partial charge in [-0.25, -0.2) is 9.59 Å². The van der Waals surface area contributed by atoms with Crippen LogP contribution in [0.15, 0.2) is 57.7 Å². The van der Waals surface area contributed by atoms with Crippen LogP contribution in [0.4, 0.5) is 5.69 Å². The third-order valence-corrected chi connectivity index (χ3v) is 4.26. The predicted molar refractivity (Wildman–Crippen MR) is 108 cm³/mol. The third kappa shape index (κ3) is 5.44. The lowest BCUT2D eigenvalue weighted by molar-refractivity contribution is -0.149. The van der Waals surface area contributed by atoms with Crippen molar-refractivity contribution in [3.05, 3.63) is 70.1 Å². The predicted octanol–water partition coefficient (Wildman–Crippen LogP) is 3.22. The van der Waals surface area contributed by atoms with Crippen LogP contribution in [0.1, 0.15) is 18.1 Å². The van der Waals surface area contributed by atoms with Gasteiger partial charge in [-0.15, -0.1) is 0 Å². The second kappa shape index (κ2) is 9.05. The van der Waals surface area contributed by atoms with Crippen molar-refractivity contribution in [2.24, 2.45) is 0 Å². The van der Waals surface area contributed by atoms with Crippen LogP contribution in [0.2, 0.25) is 0 Å². The van der Waals surface area contributed by atoms with Crippen molar-refractivity contribution in [2.75, 3.05) is 18.5 Å². The van der Waals surface area contributed by atoms with Crippen molar-refractivity contribution >= 4 is 28.5 Å². The number of esters is 1. The summed E-state index contributed by atoms with van der Waals surface area (Å²) in [4.78, 5) is 35.3. The van der Waals surface area contributed by atoms with Crippen LogP contribution < -0.4 is 15.7 Å². The Labute approximate surface area is 167 Å². The number of hydrogen-bond donors (Lipinski definition) is 1. The molecule has 0 fully saturated rings. The Balaban J connectivity index is 1.50. The van der Waals surface area contributed by atoms with Gasteiger partial charge in [0, 0.05) is 23.2 Å². The number of carbonyl (C=O) groups excluding carboxylic acids is 2. The molecule has 3 rings (SSSR count). The number of rotatable bonds is 7. The van der Waals surface area contributed by atoms with E-state index in [1.807, 2.05) is 25.1 Å². The zero-order valence-electron chi connectivity index (χ0n) is 16.2. The maximum absolute atomic E-state index is 11.9. The molecule has 0 unspecified atom stereocenters. The van der Waals surface area contributed by atoms with Gasteiger partial charge in [0.2, 0.25) is 0 Å². The van der Waals surface area contributed by atoms with Crippen LogP contribution in [0.3, 0.4) is 0 Å². The number of anilines is 1. The van der Waals surface area contributed by atoms with Gasteiger partial charge in [0.1, 0.15) is 11.3 Å². The van der Waals surface area contributed by atoms with E-state index in [4.69, 9.17) is 13.9 Å². The lowest BCUT2D eigenvalue weighted by Gasteiger charge is -2.09. The van der Waals surface area contributed by atoms with Crippen LogP contribution in [-0.4, -0.2) is 25.1 Å². The zero-order valence-corrected chi connectivity index (χ0v) is 16.2. The molecule has 1 N–H and O–H groups in total. The Kier molecular flexibility index (Phi) is 6.29. The molecule has 0 aliphatic rings. The van der Waals surface area contributed by atoms with E-state index in [9.17, 15) is 14.4 Å². The molecule has 7 nitrogen and oxygen atoms in total. The molecule has 0 radical (unpaired) electrons. The van der Waals surface area contributed by atoms with E-state index in [0.29, 0.717) is 17.0 Å². The highest BCUT2D eigenvalue weighted by Gasteiger charge is 2.10. The summed E-state index contributed by atoms with van der Waals surface area (Å²) in [6.45, 7) is 3.04. The smallest absolute Gasteiger partial charge is 0.344 e. The maximum atomic E-state index is 11.9. The number of amides is 1. The second-order valence-corrected chi connectivity index (χ2v) is 6.46. The Morgan fingerprint density at radius 1 is 1.07 bits per heavy atom. The number of benzene rings is 2. The largest absolute Gasteiger partial charge is 0.482 e. The molecular weight excluding hydrogens is 374 g/mol. The van der Waals surface area contributed by atoms with Gasteiger partial charge in [0.05, 0.1) is 0 Å². The van der Waals surface area contributed by atoms with Gasteiger partial charge in [-0.3, -0.25) is 4.79 Å². The van der Waals surface area contributed by atoms with Crippen molar-refractivity contribution in [2.45, 2.75) is 20.3 Å². The van der Waals surface area contributed by atoms with Gasteiger partial charge >= 0.3 is 11.6 Å². The van der Waals surface area contributed by atoms with E-state index >= 15 is 0 Å². The molecule has 1 aromatic heterocycles. The molecule has 29 heavy (non-hydrogen) atoms. The fourth-order valence-electron chi connectivity index (χ4n) is 2.79. The van der Waals surface area contributed by atoms with E-state index in [-0.39, 0.29) is 6.61 Å². The minimum Gasteiger partial charge on any atom is -0.482 e. The Morgan fingerprint density at radius 2 is 1.90 bits per heavy atom. The monoisotopic (exact) mass is 395 g/mol. The third-order valence-electron chi connectivity index (χ3n) is 4.26. The van der Waals surface area contributed by atoms with Crippen LogP contribution in [0.5, 0.6) is 5.75 Å². The van der Waals surface area contributed by atoms with Crippen molar-refractivity contribution in [1.82, 2.24) is 0 Å².